The van der Waals surface area contributed by atoms with Crippen LogP contribution in [0.2, 0.25) is 0 Å². The Bertz CT molecular complexity index is 278. The molecule has 3 aliphatic rings. The van der Waals surface area contributed by atoms with E-state index >= 15 is 0 Å². The van der Waals surface area contributed by atoms with Crippen LogP contribution < -0.4 is 5.32 Å². The van der Waals surface area contributed by atoms with Gasteiger partial charge in [0.05, 0.1) is 0 Å². The summed E-state index contributed by atoms with van der Waals surface area (Å²) in [7, 11) is 0. The molecule has 3 rings (SSSR count). The van der Waals surface area contributed by atoms with Crippen LogP contribution in [0.15, 0.2) is 0 Å². The van der Waals surface area contributed by atoms with Crippen molar-refractivity contribution in [1.82, 2.24) is 10.2 Å². The topological polar surface area (TPSA) is 32.3 Å². The maximum Gasteiger partial charge on any atom is 0.224 e. The van der Waals surface area contributed by atoms with Gasteiger partial charge in [0.15, 0.2) is 0 Å². The summed E-state index contributed by atoms with van der Waals surface area (Å²) in [4.78, 5) is 14.4. The first-order valence-electron chi connectivity index (χ1n) is 7.34. The zero-order valence-electron chi connectivity index (χ0n) is 11.1. The van der Waals surface area contributed by atoms with Crippen molar-refractivity contribution < 1.29 is 4.79 Å². The molecule has 1 amide bonds. The van der Waals surface area contributed by atoms with E-state index in [-0.39, 0.29) is 12.4 Å². The van der Waals surface area contributed by atoms with Crippen molar-refractivity contribution in [2.24, 2.45) is 11.8 Å². The molecule has 1 aliphatic carbocycles. The first-order chi connectivity index (χ1) is 8.33. The van der Waals surface area contributed by atoms with Gasteiger partial charge in [-0.1, -0.05) is 12.8 Å². The number of carbonyl (C=O) groups excluding carboxylic acids is 1. The van der Waals surface area contributed by atoms with Gasteiger partial charge in [-0.25, -0.2) is 0 Å². The Balaban J connectivity index is 0.00000120. The average Bonchev–Trinajstić information content (AvgIpc) is 2.96. The summed E-state index contributed by atoms with van der Waals surface area (Å²) in [5.74, 6) is 2.05. The normalized spacial score (nSPS) is 35.1. The molecule has 18 heavy (non-hydrogen) atoms. The van der Waals surface area contributed by atoms with Crippen LogP contribution in [0, 0.1) is 11.8 Å². The summed E-state index contributed by atoms with van der Waals surface area (Å²) in [6.45, 7) is 3.20. The fourth-order valence-electron chi connectivity index (χ4n) is 3.88. The molecule has 3 atom stereocenters. The lowest BCUT2D eigenvalue weighted by Gasteiger charge is -2.22. The predicted octanol–water partition coefficient (Wildman–Crippen LogP) is 2.20. The van der Waals surface area contributed by atoms with Crippen molar-refractivity contribution in [3.05, 3.63) is 0 Å². The lowest BCUT2D eigenvalue weighted by molar-refractivity contribution is -0.130. The van der Waals surface area contributed by atoms with Crippen LogP contribution in [0.5, 0.6) is 0 Å². The summed E-state index contributed by atoms with van der Waals surface area (Å²) < 4.78 is 0. The number of likely N-dealkylation sites (tertiary alicyclic amines) is 1. The van der Waals surface area contributed by atoms with Crippen LogP contribution in [0.3, 0.4) is 0 Å². The Morgan fingerprint density at radius 1 is 1.06 bits per heavy atom. The molecule has 0 aromatic carbocycles. The van der Waals surface area contributed by atoms with Crippen LogP contribution in [-0.4, -0.2) is 36.5 Å². The number of carbonyl (C=O) groups is 1. The van der Waals surface area contributed by atoms with E-state index in [2.05, 4.69) is 10.2 Å². The number of hydrogen-bond donors (Lipinski definition) is 1. The first-order valence-corrected chi connectivity index (χ1v) is 7.34. The fraction of sp³-hybridized carbons (Fsp3) is 0.929. The molecule has 2 saturated heterocycles. The molecule has 1 saturated carbocycles. The zero-order chi connectivity index (χ0) is 11.7. The summed E-state index contributed by atoms with van der Waals surface area (Å²) in [5.41, 5.74) is 0. The smallest absolute Gasteiger partial charge is 0.224 e. The van der Waals surface area contributed by atoms with Crippen LogP contribution in [0.1, 0.15) is 44.9 Å². The number of amides is 1. The number of fused-ring (bicyclic) bond motifs is 1. The van der Waals surface area contributed by atoms with Gasteiger partial charge in [0.2, 0.25) is 5.91 Å². The third-order valence-corrected chi connectivity index (χ3v) is 4.91. The van der Waals surface area contributed by atoms with Gasteiger partial charge in [-0.3, -0.25) is 4.79 Å². The highest BCUT2D eigenvalue weighted by molar-refractivity contribution is 5.85. The predicted molar refractivity (Wildman–Crippen MR) is 74.9 cm³/mol. The number of halogens is 1. The van der Waals surface area contributed by atoms with Crippen LogP contribution in [0.4, 0.5) is 0 Å². The summed E-state index contributed by atoms with van der Waals surface area (Å²) in [6, 6.07) is 0.463. The van der Waals surface area contributed by atoms with Gasteiger partial charge in [0.1, 0.15) is 0 Å². The minimum Gasteiger partial charge on any atom is -0.342 e. The van der Waals surface area contributed by atoms with E-state index in [9.17, 15) is 4.79 Å². The van der Waals surface area contributed by atoms with E-state index in [1.807, 2.05) is 0 Å². The number of rotatable bonds is 2. The van der Waals surface area contributed by atoms with Gasteiger partial charge in [0, 0.05) is 25.6 Å². The van der Waals surface area contributed by atoms with E-state index in [1.54, 1.807) is 0 Å². The van der Waals surface area contributed by atoms with Gasteiger partial charge in [-0.2, -0.15) is 0 Å². The molecule has 0 bridgehead atoms. The molecule has 2 aliphatic heterocycles. The fourth-order valence-corrected chi connectivity index (χ4v) is 3.88. The average molecular weight is 273 g/mol. The molecular weight excluding hydrogens is 248 g/mol. The molecule has 2 heterocycles. The molecule has 3 nitrogen and oxygen atoms in total. The van der Waals surface area contributed by atoms with E-state index in [1.165, 1.54) is 38.5 Å². The minimum absolute atomic E-state index is 0. The molecule has 0 aromatic rings. The van der Waals surface area contributed by atoms with Gasteiger partial charge in [0.25, 0.3) is 0 Å². The van der Waals surface area contributed by atoms with Gasteiger partial charge in [-0.05, 0) is 44.1 Å². The zero-order valence-corrected chi connectivity index (χ0v) is 11.9. The molecule has 3 fully saturated rings. The Morgan fingerprint density at radius 2 is 1.72 bits per heavy atom. The van der Waals surface area contributed by atoms with Crippen molar-refractivity contribution in [2.75, 3.05) is 19.6 Å². The molecule has 0 radical (unpaired) electrons. The highest BCUT2D eigenvalue weighted by Gasteiger charge is 2.36. The molecule has 4 heteroatoms. The van der Waals surface area contributed by atoms with E-state index < -0.39 is 0 Å². The Kier molecular flexibility index (Phi) is 4.91. The lowest BCUT2D eigenvalue weighted by atomic mass is 9.82. The minimum atomic E-state index is 0. The van der Waals surface area contributed by atoms with Crippen LogP contribution in [0.25, 0.3) is 0 Å². The third-order valence-electron chi connectivity index (χ3n) is 4.91. The molecule has 104 valence electrons. The van der Waals surface area contributed by atoms with Gasteiger partial charge in [-0.15, -0.1) is 12.4 Å². The highest BCUT2D eigenvalue weighted by Crippen LogP contribution is 2.36. The monoisotopic (exact) mass is 272 g/mol. The second-order valence-corrected chi connectivity index (χ2v) is 6.10. The van der Waals surface area contributed by atoms with Crippen molar-refractivity contribution in [3.63, 3.8) is 0 Å². The number of nitrogens with zero attached hydrogens (tertiary/aromatic N) is 1. The Labute approximate surface area is 116 Å². The lowest BCUT2D eigenvalue weighted by Crippen LogP contribution is -2.34. The third kappa shape index (κ3) is 3.00. The molecule has 0 spiro atoms. The van der Waals surface area contributed by atoms with Crippen molar-refractivity contribution in [1.29, 1.82) is 0 Å². The second-order valence-electron chi connectivity index (χ2n) is 6.10. The maximum absolute atomic E-state index is 12.2. The summed E-state index contributed by atoms with van der Waals surface area (Å²) in [5, 5.41) is 3.43. The summed E-state index contributed by atoms with van der Waals surface area (Å²) in [6.07, 6.45) is 8.64. The standard InChI is InChI=1S/C14H24N2O.ClH/c17-14(8-13-6-3-7-15-13)16-9-11-4-1-2-5-12(11)10-16;/h11-13,15H,1-10H2;1H. The maximum atomic E-state index is 12.2. The first kappa shape index (κ1) is 14.1. The SMILES string of the molecule is Cl.O=C(CC1CCCN1)N1CC2CCCCC2C1. The number of hydrogen-bond acceptors (Lipinski definition) is 2. The largest absolute Gasteiger partial charge is 0.342 e. The van der Waals surface area contributed by atoms with Crippen LogP contribution >= 0.6 is 12.4 Å². The second kappa shape index (κ2) is 6.25. The van der Waals surface area contributed by atoms with E-state index in [0.717, 1.165) is 37.9 Å². The Morgan fingerprint density at radius 3 is 2.28 bits per heavy atom. The summed E-state index contributed by atoms with van der Waals surface area (Å²) >= 11 is 0. The molecule has 1 N–H and O–H groups in total. The van der Waals surface area contributed by atoms with Crippen molar-refractivity contribution >= 4 is 18.3 Å². The van der Waals surface area contributed by atoms with Crippen molar-refractivity contribution in [3.8, 4) is 0 Å². The quantitative estimate of drug-likeness (QED) is 0.836. The van der Waals surface area contributed by atoms with Crippen molar-refractivity contribution in [2.45, 2.75) is 51.0 Å². The highest BCUT2D eigenvalue weighted by atomic mass is 35.5. The van der Waals surface area contributed by atoms with Crippen LogP contribution in [-0.2, 0) is 4.79 Å². The molecular formula is C14H25ClN2O. The molecule has 3 unspecified atom stereocenters. The Hall–Kier alpha value is -0.280. The molecule has 0 aromatic heterocycles. The van der Waals surface area contributed by atoms with E-state index in [0.29, 0.717) is 11.9 Å². The van der Waals surface area contributed by atoms with E-state index in [4.69, 9.17) is 0 Å². The number of nitrogens with one attached hydrogen (secondary N) is 1. The van der Waals surface area contributed by atoms with Gasteiger partial charge >= 0.3 is 0 Å². The van der Waals surface area contributed by atoms with Gasteiger partial charge < -0.3 is 10.2 Å².